The lowest BCUT2D eigenvalue weighted by Crippen LogP contribution is -2.33. The average Bonchev–Trinajstić information content (AvgIpc) is 2.41. The lowest BCUT2D eigenvalue weighted by atomic mass is 9.84. The molecule has 1 unspecified atom stereocenters. The van der Waals surface area contributed by atoms with E-state index in [-0.39, 0.29) is 19.6 Å². The van der Waals surface area contributed by atoms with Crippen LogP contribution in [-0.2, 0) is 23.8 Å². The lowest BCUT2D eigenvalue weighted by Gasteiger charge is -2.24. The predicted octanol–water partition coefficient (Wildman–Crippen LogP) is 2.78. The minimum absolute atomic E-state index is 0.127. The third-order valence-electron chi connectivity index (χ3n) is 2.99. The molecule has 0 spiro atoms. The monoisotopic (exact) mass is 332 g/mol. The van der Waals surface area contributed by atoms with Crippen molar-refractivity contribution in [3.05, 3.63) is 0 Å². The fourth-order valence-electron chi connectivity index (χ4n) is 1.41. The van der Waals surface area contributed by atoms with Gasteiger partial charge in [-0.2, -0.15) is 13.2 Å². The zero-order valence-corrected chi connectivity index (χ0v) is 12.5. The maximum atomic E-state index is 11.9. The zero-order valence-electron chi connectivity index (χ0n) is 12.5. The first-order chi connectivity index (χ1) is 10.1. The molecule has 0 radical (unpaired) electrons. The van der Waals surface area contributed by atoms with E-state index < -0.39 is 49.8 Å². The molecule has 5 nitrogen and oxygen atoms in total. The Kier molecular flexibility index (Phi) is 9.00. The Bertz CT molecular complexity index is 359. The highest BCUT2D eigenvalue weighted by molar-refractivity contribution is 5.83. The van der Waals surface area contributed by atoms with Gasteiger partial charge in [0.15, 0.2) is 6.86 Å². The van der Waals surface area contributed by atoms with Gasteiger partial charge in [-0.1, -0.05) is 6.92 Å². The maximum absolute atomic E-state index is 11.9. The molecule has 22 heavy (non-hydrogen) atoms. The Morgan fingerprint density at radius 2 is 1.68 bits per heavy atom. The van der Waals surface area contributed by atoms with Crippen molar-refractivity contribution in [1.29, 1.82) is 0 Å². The minimum atomic E-state index is -4.41. The summed E-state index contributed by atoms with van der Waals surface area (Å²) in [5, 5.41) is 0. The Morgan fingerprint density at radius 1 is 1.05 bits per heavy atom. The Morgan fingerprint density at radius 3 is 2.18 bits per heavy atom. The van der Waals surface area contributed by atoms with Crippen LogP contribution >= 0.6 is 0 Å². The van der Waals surface area contributed by atoms with Crippen LogP contribution in [0, 0.1) is 5.41 Å². The van der Waals surface area contributed by atoms with Crippen molar-refractivity contribution in [3.63, 3.8) is 0 Å². The molecule has 0 aliphatic carbocycles. The molecule has 0 aliphatic rings. The van der Waals surface area contributed by atoms with Crippen LogP contribution in [0.4, 0.5) is 17.6 Å². The van der Waals surface area contributed by atoms with E-state index in [0.717, 1.165) is 0 Å². The van der Waals surface area contributed by atoms with Crippen molar-refractivity contribution in [2.24, 2.45) is 5.41 Å². The van der Waals surface area contributed by atoms with Crippen LogP contribution in [0.5, 0.6) is 0 Å². The van der Waals surface area contributed by atoms with E-state index >= 15 is 0 Å². The Labute approximate surface area is 125 Å². The molecule has 9 heteroatoms. The quantitative estimate of drug-likeness (QED) is 0.350. The van der Waals surface area contributed by atoms with Gasteiger partial charge >= 0.3 is 18.1 Å². The van der Waals surface area contributed by atoms with Crippen LogP contribution in [0.15, 0.2) is 0 Å². The summed E-state index contributed by atoms with van der Waals surface area (Å²) in [5.41, 5.74) is -1.22. The zero-order chi connectivity index (χ0) is 17.2. The number of carbonyl (C=O) groups is 2. The number of hydrogen-bond acceptors (Lipinski definition) is 5. The lowest BCUT2D eigenvalue weighted by molar-refractivity contribution is -0.168. The SMILES string of the molecule is CCC(C)(CC(=O)OCCC(F)(F)F)C(=O)OCCOCF. The van der Waals surface area contributed by atoms with Gasteiger partial charge in [0.05, 0.1) is 31.5 Å². The standard InChI is InChI=1S/C13H20F4O5/c1-3-12(2,11(19)22-7-6-20-9-14)8-10(18)21-5-4-13(15,16)17/h3-9H2,1-2H3. The molecule has 0 saturated carbocycles. The third kappa shape index (κ3) is 8.81. The Balaban J connectivity index is 4.29. The second-order valence-corrected chi connectivity index (χ2v) is 4.83. The average molecular weight is 332 g/mol. The van der Waals surface area contributed by atoms with Gasteiger partial charge in [0.2, 0.25) is 0 Å². The van der Waals surface area contributed by atoms with Crippen LogP contribution in [0.1, 0.15) is 33.1 Å². The van der Waals surface area contributed by atoms with Crippen molar-refractivity contribution in [2.45, 2.75) is 39.3 Å². The predicted molar refractivity (Wildman–Crippen MR) is 67.5 cm³/mol. The molecule has 0 heterocycles. The van der Waals surface area contributed by atoms with E-state index in [9.17, 15) is 27.2 Å². The van der Waals surface area contributed by atoms with Crippen LogP contribution < -0.4 is 0 Å². The summed E-state index contributed by atoms with van der Waals surface area (Å²) in [5.74, 6) is -1.63. The molecule has 130 valence electrons. The van der Waals surface area contributed by atoms with Crippen LogP contribution in [-0.4, -0.2) is 44.8 Å². The number of ether oxygens (including phenoxy) is 3. The minimum Gasteiger partial charge on any atom is -0.465 e. The summed E-state index contributed by atoms with van der Waals surface area (Å²) in [4.78, 5) is 23.4. The normalized spacial score (nSPS) is 14.3. The van der Waals surface area contributed by atoms with Gasteiger partial charge in [0, 0.05) is 0 Å². The smallest absolute Gasteiger partial charge is 0.392 e. The summed E-state index contributed by atoms with van der Waals surface area (Å²) < 4.78 is 61.2. The summed E-state index contributed by atoms with van der Waals surface area (Å²) in [7, 11) is 0. The van der Waals surface area contributed by atoms with Crippen LogP contribution in [0.3, 0.4) is 0 Å². The largest absolute Gasteiger partial charge is 0.465 e. The van der Waals surface area contributed by atoms with E-state index in [1.807, 2.05) is 0 Å². The molecule has 0 N–H and O–H groups in total. The highest BCUT2D eigenvalue weighted by atomic mass is 19.4. The molecule has 0 aliphatic heterocycles. The molecule has 0 aromatic heterocycles. The van der Waals surface area contributed by atoms with Gasteiger partial charge in [-0.15, -0.1) is 0 Å². The van der Waals surface area contributed by atoms with Gasteiger partial charge in [-0.25, -0.2) is 4.39 Å². The number of halogens is 4. The first-order valence-corrected chi connectivity index (χ1v) is 6.68. The number of carbonyl (C=O) groups excluding carboxylic acids is 2. The van der Waals surface area contributed by atoms with Gasteiger partial charge in [-0.3, -0.25) is 9.59 Å². The molecule has 0 aromatic carbocycles. The van der Waals surface area contributed by atoms with E-state index in [4.69, 9.17) is 4.74 Å². The first-order valence-electron chi connectivity index (χ1n) is 6.68. The summed E-state index contributed by atoms with van der Waals surface area (Å²) >= 11 is 0. The molecule has 0 fully saturated rings. The second kappa shape index (κ2) is 9.60. The van der Waals surface area contributed by atoms with Crippen molar-refractivity contribution >= 4 is 11.9 Å². The van der Waals surface area contributed by atoms with E-state index in [1.54, 1.807) is 6.92 Å². The van der Waals surface area contributed by atoms with Crippen LogP contribution in [0.2, 0.25) is 0 Å². The molecular formula is C13H20F4O5. The molecule has 0 amide bonds. The van der Waals surface area contributed by atoms with E-state index in [2.05, 4.69) is 9.47 Å². The van der Waals surface area contributed by atoms with Gasteiger partial charge in [-0.05, 0) is 13.3 Å². The van der Waals surface area contributed by atoms with Crippen molar-refractivity contribution < 1.29 is 41.4 Å². The number of hydrogen-bond donors (Lipinski definition) is 0. The molecule has 0 aromatic rings. The summed E-state index contributed by atoms with van der Waals surface area (Å²) in [6.07, 6.45) is -5.83. The fourth-order valence-corrected chi connectivity index (χ4v) is 1.41. The summed E-state index contributed by atoms with van der Waals surface area (Å²) in [6, 6.07) is 0. The Hall–Kier alpha value is -1.38. The highest BCUT2D eigenvalue weighted by Crippen LogP contribution is 2.28. The van der Waals surface area contributed by atoms with E-state index in [0.29, 0.717) is 0 Å². The molecule has 0 bridgehead atoms. The topological polar surface area (TPSA) is 61.8 Å². The van der Waals surface area contributed by atoms with E-state index in [1.165, 1.54) is 6.92 Å². The fraction of sp³-hybridized carbons (Fsp3) is 0.846. The molecule has 0 saturated heterocycles. The molecule has 0 rings (SSSR count). The second-order valence-electron chi connectivity index (χ2n) is 4.83. The van der Waals surface area contributed by atoms with Crippen molar-refractivity contribution in [3.8, 4) is 0 Å². The summed E-state index contributed by atoms with van der Waals surface area (Å²) in [6.45, 7) is 0.966. The number of esters is 2. The van der Waals surface area contributed by atoms with Crippen molar-refractivity contribution in [2.75, 3.05) is 26.7 Å². The van der Waals surface area contributed by atoms with Gasteiger partial charge in [0.1, 0.15) is 6.61 Å². The van der Waals surface area contributed by atoms with Crippen LogP contribution in [0.25, 0.3) is 0 Å². The number of alkyl halides is 4. The molecular weight excluding hydrogens is 312 g/mol. The molecule has 1 atom stereocenters. The highest BCUT2D eigenvalue weighted by Gasteiger charge is 2.36. The third-order valence-corrected chi connectivity index (χ3v) is 2.99. The van der Waals surface area contributed by atoms with Crippen molar-refractivity contribution in [1.82, 2.24) is 0 Å². The van der Waals surface area contributed by atoms with Gasteiger partial charge in [0.25, 0.3) is 0 Å². The first kappa shape index (κ1) is 20.6. The number of rotatable bonds is 10. The van der Waals surface area contributed by atoms with Gasteiger partial charge < -0.3 is 14.2 Å². The maximum Gasteiger partial charge on any atom is 0.392 e.